The maximum atomic E-state index is 13.4. The molecule has 3 aromatic heterocycles. The summed E-state index contributed by atoms with van der Waals surface area (Å²) in [5.41, 5.74) is 2.95. The first kappa shape index (κ1) is 35.4. The summed E-state index contributed by atoms with van der Waals surface area (Å²) in [6, 6.07) is 5.36. The number of hydrogen-bond acceptors (Lipinski definition) is 7. The highest BCUT2D eigenvalue weighted by atomic mass is 16.6. The molecule has 1 aliphatic heterocycles. The fourth-order valence-corrected chi connectivity index (χ4v) is 5.04. The smallest absolute Gasteiger partial charge is 0.327 e. The fourth-order valence-electron chi connectivity index (χ4n) is 5.04. The molecule has 0 aliphatic carbocycles. The highest BCUT2D eigenvalue weighted by molar-refractivity contribution is 6.04. The van der Waals surface area contributed by atoms with E-state index in [9.17, 15) is 9.59 Å². The van der Waals surface area contributed by atoms with E-state index >= 15 is 0 Å². The van der Waals surface area contributed by atoms with E-state index < -0.39 is 5.60 Å². The third kappa shape index (κ3) is 8.84. The Morgan fingerprint density at radius 1 is 1.07 bits per heavy atom. The lowest BCUT2D eigenvalue weighted by Crippen LogP contribution is -2.34. The molecule has 0 fully saturated rings. The first-order valence-corrected chi connectivity index (χ1v) is 15.7. The molecule has 0 radical (unpaired) electrons. The van der Waals surface area contributed by atoms with Crippen molar-refractivity contribution >= 4 is 34.7 Å². The second kappa shape index (κ2) is 16.7. The van der Waals surface area contributed by atoms with Gasteiger partial charge in [-0.1, -0.05) is 41.5 Å². The summed E-state index contributed by atoms with van der Waals surface area (Å²) in [5, 5.41) is 7.22. The van der Waals surface area contributed by atoms with Crippen molar-refractivity contribution in [3.8, 4) is 5.75 Å². The highest BCUT2D eigenvalue weighted by Gasteiger charge is 2.31. The average Bonchev–Trinajstić information content (AvgIpc) is 3.65. The fraction of sp³-hybridized carbons (Fsp3) is 0.576. The van der Waals surface area contributed by atoms with Crippen molar-refractivity contribution in [1.29, 1.82) is 0 Å². The van der Waals surface area contributed by atoms with Gasteiger partial charge in [0.05, 0.1) is 24.9 Å². The minimum Gasteiger partial charge on any atom is -0.492 e. The first-order chi connectivity index (χ1) is 20.7. The number of methoxy groups -OCH3 is 1. The number of anilines is 3. The van der Waals surface area contributed by atoms with E-state index in [4.69, 9.17) is 9.47 Å². The van der Waals surface area contributed by atoms with E-state index in [2.05, 4.69) is 27.2 Å². The molecule has 1 unspecified atom stereocenters. The normalized spacial score (nSPS) is 12.7. The van der Waals surface area contributed by atoms with Crippen LogP contribution in [-0.4, -0.2) is 58.9 Å². The Kier molecular flexibility index (Phi) is 13.8. The van der Waals surface area contributed by atoms with Gasteiger partial charge < -0.3 is 19.7 Å². The monoisotopic (exact) mass is 596 g/mol. The molecule has 4 rings (SSSR count). The Hall–Kier alpha value is -3.82. The largest absolute Gasteiger partial charge is 0.492 e. The van der Waals surface area contributed by atoms with Crippen molar-refractivity contribution < 1.29 is 19.1 Å². The summed E-state index contributed by atoms with van der Waals surface area (Å²) >= 11 is 0. The Labute approximate surface area is 257 Å². The predicted molar refractivity (Wildman–Crippen MR) is 175 cm³/mol. The van der Waals surface area contributed by atoms with E-state index in [0.717, 1.165) is 42.7 Å². The summed E-state index contributed by atoms with van der Waals surface area (Å²) in [6.45, 7) is 20.0. The van der Waals surface area contributed by atoms with Crippen LogP contribution in [0.4, 0.5) is 22.0 Å². The summed E-state index contributed by atoms with van der Waals surface area (Å²) in [4.78, 5) is 34.7. The van der Waals surface area contributed by atoms with Crippen molar-refractivity contribution in [2.75, 3.05) is 41.9 Å². The molecule has 4 heterocycles. The quantitative estimate of drug-likeness (QED) is 0.244. The predicted octanol–water partition coefficient (Wildman–Crippen LogP) is 7.36. The van der Waals surface area contributed by atoms with Gasteiger partial charge in [0.2, 0.25) is 0 Å². The van der Waals surface area contributed by atoms with E-state index in [-0.39, 0.29) is 17.9 Å². The third-order valence-electron chi connectivity index (χ3n) is 6.88. The number of pyridine rings is 2. The number of aromatic nitrogens is 3. The number of carbonyl (C=O) groups excluding carboxylic acids is 2. The molecule has 3 aromatic rings. The maximum Gasteiger partial charge on any atom is 0.327 e. The average molecular weight is 597 g/mol. The van der Waals surface area contributed by atoms with Crippen LogP contribution in [-0.2, 0) is 16.0 Å². The minimum atomic E-state index is -0.502. The van der Waals surface area contributed by atoms with E-state index in [0.29, 0.717) is 36.6 Å². The van der Waals surface area contributed by atoms with Crippen molar-refractivity contribution in [3.05, 3.63) is 42.4 Å². The number of hydrogen-bond donors (Lipinski definition) is 1. The Balaban J connectivity index is 0.00000155. The number of amides is 2. The van der Waals surface area contributed by atoms with Gasteiger partial charge in [0.25, 0.3) is 0 Å². The van der Waals surface area contributed by atoms with Crippen molar-refractivity contribution in [2.45, 2.75) is 93.6 Å². The van der Waals surface area contributed by atoms with Gasteiger partial charge in [0, 0.05) is 43.3 Å². The molecular formula is C33H52N6O4. The molecule has 1 atom stereocenters. The van der Waals surface area contributed by atoms with Crippen molar-refractivity contribution in [1.82, 2.24) is 14.6 Å². The van der Waals surface area contributed by atoms with Crippen LogP contribution in [0.5, 0.6) is 5.75 Å². The van der Waals surface area contributed by atoms with Crippen LogP contribution < -0.4 is 19.9 Å². The van der Waals surface area contributed by atoms with Gasteiger partial charge in [0.1, 0.15) is 16.9 Å². The molecule has 0 spiro atoms. The van der Waals surface area contributed by atoms with Crippen LogP contribution in [0, 0.1) is 5.92 Å². The number of ether oxygens (including phenoxy) is 2. The van der Waals surface area contributed by atoms with Crippen LogP contribution in [0.15, 0.2) is 36.8 Å². The third-order valence-corrected chi connectivity index (χ3v) is 6.88. The van der Waals surface area contributed by atoms with Crippen LogP contribution >= 0.6 is 0 Å². The van der Waals surface area contributed by atoms with Gasteiger partial charge in [-0.2, -0.15) is 5.10 Å². The molecule has 1 N–H and O–H groups in total. The lowest BCUT2D eigenvalue weighted by molar-refractivity contribution is -0.160. The number of fused-ring (bicyclic) bond motifs is 2. The van der Waals surface area contributed by atoms with Crippen LogP contribution in [0.3, 0.4) is 0 Å². The van der Waals surface area contributed by atoms with Crippen molar-refractivity contribution in [3.63, 3.8) is 0 Å². The van der Waals surface area contributed by atoms with Gasteiger partial charge in [0.15, 0.2) is 5.75 Å². The zero-order chi connectivity index (χ0) is 32.2. The molecule has 0 saturated heterocycles. The second-order valence-electron chi connectivity index (χ2n) is 10.8. The Morgan fingerprint density at radius 3 is 2.42 bits per heavy atom. The lowest BCUT2D eigenvalue weighted by Gasteiger charge is -2.29. The molecule has 1 aliphatic rings. The van der Waals surface area contributed by atoms with Gasteiger partial charge in [-0.25, -0.2) is 14.3 Å². The number of rotatable bonds is 10. The zero-order valence-corrected chi connectivity index (χ0v) is 27.9. The zero-order valence-electron chi connectivity index (χ0n) is 27.9. The topological polar surface area (TPSA) is 101 Å². The Morgan fingerprint density at radius 2 is 1.79 bits per heavy atom. The van der Waals surface area contributed by atoms with Crippen LogP contribution in [0.1, 0.15) is 87.1 Å². The molecule has 2 amide bonds. The summed E-state index contributed by atoms with van der Waals surface area (Å²) < 4.78 is 12.9. The first-order valence-electron chi connectivity index (χ1n) is 15.7. The summed E-state index contributed by atoms with van der Waals surface area (Å²) in [6.07, 6.45) is 8.31. The van der Waals surface area contributed by atoms with E-state index in [1.54, 1.807) is 41.2 Å². The molecule has 0 aromatic carbocycles. The summed E-state index contributed by atoms with van der Waals surface area (Å²) in [7, 11) is 1.57. The number of nitrogens with zero attached hydrogens (tertiary/aromatic N) is 5. The maximum absolute atomic E-state index is 13.4. The summed E-state index contributed by atoms with van der Waals surface area (Å²) in [5.74, 6) is 0.904. The van der Waals surface area contributed by atoms with Gasteiger partial charge in [-0.05, 0) is 64.7 Å². The number of carbonyl (C=O) groups is 2. The van der Waals surface area contributed by atoms with Crippen LogP contribution in [0.25, 0.3) is 5.52 Å². The standard InChI is InChI=1S/C29H40N6O4.2C2H6/c1-7-16-33(17-11-20(8-2)27(36)39-29(3,4)5)23-9-14-30-26-21(23)12-18-34(26)28(37)32-22-13-19-35-24(10-15-31-35)25(22)38-6;2*1-2/h9-10,13-15,19-20H,7-8,11-12,16-18H2,1-6H3,(H,32,37);2*1-2H3. The molecule has 238 valence electrons. The molecule has 43 heavy (non-hydrogen) atoms. The van der Waals surface area contributed by atoms with Gasteiger partial charge in [-0.3, -0.25) is 9.69 Å². The molecule has 10 nitrogen and oxygen atoms in total. The minimum absolute atomic E-state index is 0.145. The highest BCUT2D eigenvalue weighted by Crippen LogP contribution is 2.36. The molecular weight excluding hydrogens is 544 g/mol. The van der Waals surface area contributed by atoms with Gasteiger partial charge >= 0.3 is 12.0 Å². The van der Waals surface area contributed by atoms with Gasteiger partial charge in [-0.15, -0.1) is 0 Å². The molecule has 10 heteroatoms. The van der Waals surface area contributed by atoms with E-state index in [1.807, 2.05) is 67.5 Å². The number of urea groups is 1. The van der Waals surface area contributed by atoms with E-state index in [1.165, 1.54) is 0 Å². The number of esters is 1. The molecule has 0 bridgehead atoms. The van der Waals surface area contributed by atoms with Crippen LogP contribution in [0.2, 0.25) is 0 Å². The Bertz CT molecular complexity index is 1320. The second-order valence-corrected chi connectivity index (χ2v) is 10.8. The SMILES string of the molecule is CC.CC.CCCN(CCC(CC)C(=O)OC(C)(C)C)c1ccnc2c1CCN2C(=O)Nc1ccn2nccc2c1OC. The van der Waals surface area contributed by atoms with Crippen molar-refractivity contribution in [2.24, 2.45) is 5.92 Å². The lowest BCUT2D eigenvalue weighted by atomic mass is 10.0. The molecule has 0 saturated carbocycles. The number of nitrogens with one attached hydrogen (secondary N) is 1.